The fourth-order valence-corrected chi connectivity index (χ4v) is 1.30. The molecule has 0 radical (unpaired) electrons. The van der Waals surface area contributed by atoms with Crippen molar-refractivity contribution >= 4 is 17.3 Å². The summed E-state index contributed by atoms with van der Waals surface area (Å²) in [5.41, 5.74) is 6.09. The van der Waals surface area contributed by atoms with Crippen LogP contribution in [0.4, 0.5) is 11.4 Å². The Morgan fingerprint density at radius 2 is 2.35 bits per heavy atom. The zero-order valence-electron chi connectivity index (χ0n) is 8.79. The second kappa shape index (κ2) is 4.52. The second-order valence-electron chi connectivity index (χ2n) is 3.39. The third kappa shape index (κ3) is 2.71. The topological polar surface area (TPSA) is 103 Å². The average Bonchev–Trinajstić information content (AvgIpc) is 2.76. The highest BCUT2D eigenvalue weighted by Crippen LogP contribution is 2.03. The summed E-state index contributed by atoms with van der Waals surface area (Å²) < 4.78 is 5.78. The van der Waals surface area contributed by atoms with E-state index in [1.807, 2.05) is 0 Å². The summed E-state index contributed by atoms with van der Waals surface area (Å²) in [6, 6.07) is 2.79. The Bertz CT molecular complexity index is 573. The van der Waals surface area contributed by atoms with Crippen LogP contribution in [0.5, 0.6) is 0 Å². The minimum Gasteiger partial charge on any atom is -0.398 e. The molecule has 0 unspecified atom stereocenters. The summed E-state index contributed by atoms with van der Waals surface area (Å²) in [4.78, 5) is 23.0. The first-order valence-corrected chi connectivity index (χ1v) is 4.80. The van der Waals surface area contributed by atoms with E-state index >= 15 is 0 Å². The lowest BCUT2D eigenvalue weighted by Crippen LogP contribution is -2.26. The van der Waals surface area contributed by atoms with Gasteiger partial charge in [0.25, 0.3) is 5.56 Å². The second-order valence-corrected chi connectivity index (χ2v) is 3.39. The van der Waals surface area contributed by atoms with E-state index in [1.54, 1.807) is 0 Å². The van der Waals surface area contributed by atoms with Crippen LogP contribution in [0.3, 0.4) is 0 Å². The van der Waals surface area contributed by atoms with Crippen LogP contribution in [0.25, 0.3) is 0 Å². The van der Waals surface area contributed by atoms with Crippen LogP contribution < -0.4 is 16.6 Å². The third-order valence-corrected chi connectivity index (χ3v) is 2.04. The van der Waals surface area contributed by atoms with Crippen LogP contribution >= 0.6 is 0 Å². The Morgan fingerprint density at radius 1 is 1.53 bits per heavy atom. The molecule has 0 saturated carbocycles. The van der Waals surface area contributed by atoms with Gasteiger partial charge >= 0.3 is 0 Å². The van der Waals surface area contributed by atoms with Crippen molar-refractivity contribution < 1.29 is 9.32 Å². The monoisotopic (exact) mass is 234 g/mol. The molecular formula is C10H10N4O3. The van der Waals surface area contributed by atoms with E-state index in [0.29, 0.717) is 11.4 Å². The molecule has 7 nitrogen and oxygen atoms in total. The molecule has 88 valence electrons. The van der Waals surface area contributed by atoms with E-state index in [2.05, 4.69) is 15.0 Å². The van der Waals surface area contributed by atoms with Gasteiger partial charge in [-0.3, -0.25) is 9.59 Å². The van der Waals surface area contributed by atoms with Crippen molar-refractivity contribution in [1.82, 2.24) is 9.72 Å². The molecule has 2 aromatic heterocycles. The van der Waals surface area contributed by atoms with Gasteiger partial charge < -0.3 is 20.1 Å². The molecule has 2 heterocycles. The minimum absolute atomic E-state index is 0.116. The molecule has 0 aliphatic heterocycles. The van der Waals surface area contributed by atoms with Gasteiger partial charge in [-0.15, -0.1) is 0 Å². The lowest BCUT2D eigenvalue weighted by molar-refractivity contribution is -0.116. The molecule has 7 heteroatoms. The van der Waals surface area contributed by atoms with Gasteiger partial charge in [-0.25, -0.2) is 0 Å². The van der Waals surface area contributed by atoms with Crippen molar-refractivity contribution in [2.75, 3.05) is 11.1 Å². The number of rotatable bonds is 3. The standard InChI is InChI=1S/C10H10N4O3/c11-7-1-2-10(16)14(4-7)5-9(15)13-8-3-12-17-6-8/h1-4,6H,5,11H2,(H,13,15). The molecule has 0 saturated heterocycles. The van der Waals surface area contributed by atoms with E-state index in [0.717, 1.165) is 0 Å². The lowest BCUT2D eigenvalue weighted by Gasteiger charge is -2.05. The van der Waals surface area contributed by atoms with Gasteiger partial charge in [0.1, 0.15) is 18.5 Å². The van der Waals surface area contributed by atoms with Crippen molar-refractivity contribution in [1.29, 1.82) is 0 Å². The molecule has 17 heavy (non-hydrogen) atoms. The molecule has 3 N–H and O–H groups in total. The number of aromatic nitrogens is 2. The maximum atomic E-state index is 11.6. The Balaban J connectivity index is 2.08. The van der Waals surface area contributed by atoms with Gasteiger partial charge in [0.15, 0.2) is 0 Å². The number of nitrogens with zero attached hydrogens (tertiary/aromatic N) is 2. The number of hydrogen-bond donors (Lipinski definition) is 2. The summed E-state index contributed by atoms with van der Waals surface area (Å²) in [6.07, 6.45) is 4.07. The summed E-state index contributed by atoms with van der Waals surface area (Å²) in [6.45, 7) is -0.116. The molecule has 0 aliphatic rings. The highest BCUT2D eigenvalue weighted by molar-refractivity contribution is 5.90. The van der Waals surface area contributed by atoms with Crippen molar-refractivity contribution in [2.24, 2.45) is 0 Å². The predicted molar refractivity (Wildman–Crippen MR) is 60.2 cm³/mol. The number of nitrogens with two attached hydrogens (primary N) is 1. The van der Waals surface area contributed by atoms with Crippen molar-refractivity contribution in [2.45, 2.75) is 6.54 Å². The molecule has 2 aromatic rings. The Kier molecular flexibility index (Phi) is 2.91. The molecular weight excluding hydrogens is 224 g/mol. The quantitative estimate of drug-likeness (QED) is 0.781. The first-order valence-electron chi connectivity index (χ1n) is 4.80. The van der Waals surface area contributed by atoms with Crippen molar-refractivity contribution in [3.8, 4) is 0 Å². The molecule has 1 amide bonds. The molecule has 0 aromatic carbocycles. The lowest BCUT2D eigenvalue weighted by atomic mass is 10.4. The number of pyridine rings is 1. The molecule has 0 atom stereocenters. The highest BCUT2D eigenvalue weighted by atomic mass is 16.5. The molecule has 0 fully saturated rings. The molecule has 0 aliphatic carbocycles. The van der Waals surface area contributed by atoms with Gasteiger partial charge in [-0.2, -0.15) is 0 Å². The molecule has 0 bridgehead atoms. The van der Waals surface area contributed by atoms with Gasteiger partial charge in [-0.1, -0.05) is 5.16 Å². The normalized spacial score (nSPS) is 10.1. The zero-order valence-corrected chi connectivity index (χ0v) is 8.79. The Hall–Kier alpha value is -2.57. The maximum Gasteiger partial charge on any atom is 0.251 e. The predicted octanol–water partition coefficient (Wildman–Crippen LogP) is 0.0572. The number of nitrogens with one attached hydrogen (secondary N) is 1. The van der Waals surface area contributed by atoms with Crippen molar-refractivity contribution in [3.63, 3.8) is 0 Å². The first kappa shape index (κ1) is 10.9. The zero-order chi connectivity index (χ0) is 12.3. The number of carbonyl (C=O) groups is 1. The number of nitrogen functional groups attached to an aromatic ring is 1. The fraction of sp³-hybridized carbons (Fsp3) is 0.100. The summed E-state index contributed by atoms with van der Waals surface area (Å²) in [5.74, 6) is -0.360. The number of carbonyl (C=O) groups excluding carboxylic acids is 1. The third-order valence-electron chi connectivity index (χ3n) is 2.04. The van der Waals surface area contributed by atoms with Gasteiger partial charge in [0, 0.05) is 18.0 Å². The number of hydrogen-bond acceptors (Lipinski definition) is 5. The molecule has 2 rings (SSSR count). The van der Waals surface area contributed by atoms with E-state index in [9.17, 15) is 9.59 Å². The summed E-state index contributed by atoms with van der Waals surface area (Å²) in [5, 5.41) is 5.96. The van der Waals surface area contributed by atoms with E-state index < -0.39 is 0 Å². The van der Waals surface area contributed by atoms with Crippen LogP contribution in [-0.2, 0) is 11.3 Å². The Labute approximate surface area is 95.8 Å². The maximum absolute atomic E-state index is 11.6. The van der Waals surface area contributed by atoms with Crippen LogP contribution in [0.1, 0.15) is 0 Å². The van der Waals surface area contributed by atoms with E-state index in [4.69, 9.17) is 5.73 Å². The minimum atomic E-state index is -0.360. The van der Waals surface area contributed by atoms with Gasteiger partial charge in [0.05, 0.1) is 6.20 Å². The SMILES string of the molecule is Nc1ccc(=O)n(CC(=O)Nc2cnoc2)c1. The van der Waals surface area contributed by atoms with E-state index in [1.165, 1.54) is 35.4 Å². The van der Waals surface area contributed by atoms with E-state index in [-0.39, 0.29) is 18.0 Å². The number of anilines is 2. The largest absolute Gasteiger partial charge is 0.398 e. The van der Waals surface area contributed by atoms with Crippen LogP contribution in [-0.4, -0.2) is 15.6 Å². The fourth-order valence-electron chi connectivity index (χ4n) is 1.30. The van der Waals surface area contributed by atoms with Crippen LogP contribution in [0, 0.1) is 0 Å². The highest BCUT2D eigenvalue weighted by Gasteiger charge is 2.06. The smallest absolute Gasteiger partial charge is 0.251 e. The van der Waals surface area contributed by atoms with Crippen LogP contribution in [0.15, 0.2) is 40.1 Å². The number of amides is 1. The van der Waals surface area contributed by atoms with Gasteiger partial charge in [-0.05, 0) is 6.07 Å². The first-order chi connectivity index (χ1) is 8.15. The summed E-state index contributed by atoms with van der Waals surface area (Å²) in [7, 11) is 0. The Morgan fingerprint density at radius 3 is 3.06 bits per heavy atom. The van der Waals surface area contributed by atoms with Crippen molar-refractivity contribution in [3.05, 3.63) is 41.1 Å². The molecule has 0 spiro atoms. The summed E-state index contributed by atoms with van der Waals surface area (Å²) >= 11 is 0. The van der Waals surface area contributed by atoms with Crippen LogP contribution in [0.2, 0.25) is 0 Å². The average molecular weight is 234 g/mol. The van der Waals surface area contributed by atoms with Gasteiger partial charge in [0.2, 0.25) is 5.91 Å².